The van der Waals surface area contributed by atoms with Crippen LogP contribution >= 0.6 is 0 Å². The lowest BCUT2D eigenvalue weighted by Crippen LogP contribution is -2.45. The molecular weight excluding hydrogens is 638 g/mol. The Morgan fingerprint density at radius 3 is 1.29 bits per heavy atom. The highest BCUT2D eigenvalue weighted by molar-refractivity contribution is 5.70. The van der Waals surface area contributed by atoms with E-state index in [-0.39, 0.29) is 18.5 Å². The third-order valence-corrected chi connectivity index (χ3v) is 9.04. The van der Waals surface area contributed by atoms with Gasteiger partial charge in [0, 0.05) is 26.1 Å². The Bertz CT molecular complexity index is 1100. The van der Waals surface area contributed by atoms with Crippen LogP contribution in [0.15, 0.2) is 60.7 Å². The van der Waals surface area contributed by atoms with E-state index < -0.39 is 6.10 Å². The van der Waals surface area contributed by atoms with Crippen molar-refractivity contribution in [2.75, 3.05) is 47.5 Å². The molecule has 2 aromatic rings. The molecule has 0 radical (unpaired) electrons. The highest BCUT2D eigenvalue weighted by atomic mass is 16.6. The predicted molar refractivity (Wildman–Crippen MR) is 208 cm³/mol. The summed E-state index contributed by atoms with van der Waals surface area (Å²) >= 11 is 0. The van der Waals surface area contributed by atoms with Gasteiger partial charge in [-0.1, -0.05) is 151 Å². The monoisotopic (exact) mass is 711 g/mol. The molecule has 0 amide bonds. The van der Waals surface area contributed by atoms with E-state index in [2.05, 4.69) is 45.4 Å². The average molecular weight is 711 g/mol. The van der Waals surface area contributed by atoms with Gasteiger partial charge in [-0.2, -0.15) is 0 Å². The predicted octanol–water partition coefficient (Wildman–Crippen LogP) is 10.4. The molecule has 0 heterocycles. The number of benzene rings is 2. The van der Waals surface area contributed by atoms with Crippen LogP contribution in [-0.2, 0) is 41.8 Å². The maximum Gasteiger partial charge on any atom is 0.306 e. The summed E-state index contributed by atoms with van der Waals surface area (Å²) in [6.45, 7) is 3.81. The van der Waals surface area contributed by atoms with Gasteiger partial charge in [-0.05, 0) is 36.8 Å². The van der Waals surface area contributed by atoms with Gasteiger partial charge in [-0.15, -0.1) is 0 Å². The normalized spacial score (nSPS) is 12.1. The molecule has 1 atom stereocenters. The molecule has 1 unspecified atom stereocenters. The van der Waals surface area contributed by atoms with Crippen LogP contribution < -0.4 is 0 Å². The fourth-order valence-electron chi connectivity index (χ4n) is 6.19. The minimum atomic E-state index is -0.416. The summed E-state index contributed by atoms with van der Waals surface area (Å²) in [5.41, 5.74) is 2.47. The Hall–Kier alpha value is -2.74. The van der Waals surface area contributed by atoms with Gasteiger partial charge in [0.2, 0.25) is 0 Å². The molecular formula is C44H72NO6+. The highest BCUT2D eigenvalue weighted by Crippen LogP contribution is 2.14. The van der Waals surface area contributed by atoms with Gasteiger partial charge in [0.05, 0.1) is 34.4 Å². The zero-order valence-corrected chi connectivity index (χ0v) is 32.6. The van der Waals surface area contributed by atoms with E-state index in [1.54, 1.807) is 0 Å². The van der Waals surface area contributed by atoms with Crippen molar-refractivity contribution in [1.29, 1.82) is 0 Å². The van der Waals surface area contributed by atoms with Crippen molar-refractivity contribution in [2.24, 2.45) is 0 Å². The molecule has 0 aliphatic heterocycles. The molecule has 0 aromatic heterocycles. The summed E-state index contributed by atoms with van der Waals surface area (Å²) < 4.78 is 23.5. The van der Waals surface area contributed by atoms with Gasteiger partial charge in [0.25, 0.3) is 0 Å². The lowest BCUT2D eigenvalue weighted by molar-refractivity contribution is -0.873. The van der Waals surface area contributed by atoms with E-state index in [9.17, 15) is 9.59 Å². The van der Waals surface area contributed by atoms with Gasteiger partial charge in [0.15, 0.2) is 6.10 Å². The topological polar surface area (TPSA) is 71.1 Å². The number of nitrogens with zero attached hydrogens (tertiary/aromatic N) is 1. The Morgan fingerprint density at radius 2 is 0.882 bits per heavy atom. The summed E-state index contributed by atoms with van der Waals surface area (Å²) in [6, 6.07) is 20.7. The quantitative estimate of drug-likeness (QED) is 0.0417. The third kappa shape index (κ3) is 27.6. The molecule has 7 nitrogen and oxygen atoms in total. The van der Waals surface area contributed by atoms with Crippen LogP contribution in [0.25, 0.3) is 0 Å². The molecule has 0 saturated carbocycles. The second kappa shape index (κ2) is 29.8. The van der Waals surface area contributed by atoms with Crippen molar-refractivity contribution >= 4 is 11.9 Å². The summed E-state index contributed by atoms with van der Waals surface area (Å²) in [7, 11) is 6.18. The molecule has 0 saturated heterocycles. The number of esters is 2. The second-order valence-electron chi connectivity index (χ2n) is 15.2. The molecule has 0 fully saturated rings. The van der Waals surface area contributed by atoms with Crippen LogP contribution in [0.5, 0.6) is 0 Å². The van der Waals surface area contributed by atoms with Gasteiger partial charge < -0.3 is 23.4 Å². The van der Waals surface area contributed by atoms with E-state index in [4.69, 9.17) is 18.9 Å². The summed E-state index contributed by atoms with van der Waals surface area (Å²) in [5.74, 6) is -0.376. The lowest BCUT2D eigenvalue weighted by atomic mass is 10.1. The Labute approximate surface area is 311 Å². The molecule has 7 heteroatoms. The van der Waals surface area contributed by atoms with Gasteiger partial charge in [-0.25, -0.2) is 0 Å². The first-order valence-electron chi connectivity index (χ1n) is 20.2. The molecule has 0 bridgehead atoms. The lowest BCUT2D eigenvalue weighted by Gasteiger charge is -2.28. The molecule has 0 aliphatic rings. The largest absolute Gasteiger partial charge is 0.461 e. The van der Waals surface area contributed by atoms with Gasteiger partial charge in [0.1, 0.15) is 13.2 Å². The van der Waals surface area contributed by atoms with E-state index >= 15 is 0 Å². The van der Waals surface area contributed by atoms with E-state index in [1.165, 1.54) is 75.3 Å². The number of carbonyl (C=O) groups excluding carboxylic acids is 2. The zero-order valence-electron chi connectivity index (χ0n) is 32.6. The maximum absolute atomic E-state index is 12.6. The first kappa shape index (κ1) is 44.4. The van der Waals surface area contributed by atoms with Crippen LogP contribution in [-0.4, -0.2) is 70.0 Å². The number of ether oxygens (including phenoxy) is 4. The van der Waals surface area contributed by atoms with Crippen LogP contribution in [0, 0.1) is 0 Å². The average Bonchev–Trinajstić information content (AvgIpc) is 3.11. The van der Waals surface area contributed by atoms with Crippen LogP contribution in [0.4, 0.5) is 0 Å². The van der Waals surface area contributed by atoms with Crippen LogP contribution in [0.3, 0.4) is 0 Å². The standard InChI is InChI=1S/C44H72NO6/c1-45(2,3)36-42(51-44(47)33-25-15-11-7-5-9-13-17-27-35-49-38-41-30-22-19-23-31-41)39-50-43(46)32-24-14-10-6-4-8-12-16-26-34-48-37-40-28-20-18-21-29-40/h18-23,28-31,42H,4-17,24-27,32-39H2,1-3H3/q+1. The van der Waals surface area contributed by atoms with Crippen molar-refractivity contribution in [2.45, 2.75) is 148 Å². The number of hydrogen-bond donors (Lipinski definition) is 0. The molecule has 51 heavy (non-hydrogen) atoms. The molecule has 2 aromatic carbocycles. The summed E-state index contributed by atoms with van der Waals surface area (Å²) in [6.07, 6.45) is 21.2. The first-order valence-corrected chi connectivity index (χ1v) is 20.2. The molecule has 0 spiro atoms. The minimum Gasteiger partial charge on any atom is -0.461 e. The van der Waals surface area contributed by atoms with E-state index in [0.29, 0.717) is 37.1 Å². The molecule has 288 valence electrons. The molecule has 0 aliphatic carbocycles. The fraction of sp³-hybridized carbons (Fsp3) is 0.682. The maximum atomic E-state index is 12.6. The Balaban J connectivity index is 1.39. The number of likely N-dealkylation sites (N-methyl/N-ethyl adjacent to an activating group) is 1. The minimum absolute atomic E-state index is 0.135. The van der Waals surface area contributed by atoms with Gasteiger partial charge >= 0.3 is 11.9 Å². The van der Waals surface area contributed by atoms with Crippen molar-refractivity contribution in [3.63, 3.8) is 0 Å². The fourth-order valence-corrected chi connectivity index (χ4v) is 6.19. The number of hydrogen-bond acceptors (Lipinski definition) is 6. The van der Waals surface area contributed by atoms with Crippen LogP contribution in [0.1, 0.15) is 140 Å². The van der Waals surface area contributed by atoms with E-state index in [0.717, 1.165) is 64.6 Å². The number of rotatable bonds is 33. The van der Waals surface area contributed by atoms with Crippen molar-refractivity contribution in [3.8, 4) is 0 Å². The van der Waals surface area contributed by atoms with Crippen molar-refractivity contribution in [1.82, 2.24) is 0 Å². The molecule has 2 rings (SSSR count). The van der Waals surface area contributed by atoms with Crippen LogP contribution in [0.2, 0.25) is 0 Å². The number of unbranched alkanes of at least 4 members (excludes halogenated alkanes) is 16. The molecule has 0 N–H and O–H groups in total. The Kier molecular flexibility index (Phi) is 26.0. The summed E-state index contributed by atoms with van der Waals surface area (Å²) in [5, 5.41) is 0. The van der Waals surface area contributed by atoms with Crippen molar-refractivity contribution in [3.05, 3.63) is 71.8 Å². The first-order chi connectivity index (χ1) is 24.8. The second-order valence-corrected chi connectivity index (χ2v) is 15.2. The summed E-state index contributed by atoms with van der Waals surface area (Å²) in [4.78, 5) is 25.0. The Morgan fingerprint density at radius 1 is 0.510 bits per heavy atom. The smallest absolute Gasteiger partial charge is 0.306 e. The number of carbonyl (C=O) groups is 2. The van der Waals surface area contributed by atoms with Crippen molar-refractivity contribution < 1.29 is 33.0 Å². The number of quaternary nitrogens is 1. The van der Waals surface area contributed by atoms with Gasteiger partial charge in [-0.3, -0.25) is 9.59 Å². The highest BCUT2D eigenvalue weighted by Gasteiger charge is 2.23. The SMILES string of the molecule is C[N+](C)(C)CC(COC(=O)CCCCCCCCCCCOCc1ccccc1)OC(=O)CCCCCCCCCCCOCc1ccccc1. The third-order valence-electron chi connectivity index (χ3n) is 9.04. The zero-order chi connectivity index (χ0) is 36.7. The van der Waals surface area contributed by atoms with E-state index in [1.807, 2.05) is 36.4 Å².